The van der Waals surface area contributed by atoms with Crippen LogP contribution in [-0.2, 0) is 0 Å². The number of hydrogen-bond donors (Lipinski definition) is 0. The average molecular weight is 228 g/mol. The molecule has 92 valence electrons. The molecule has 0 radical (unpaired) electrons. The van der Waals surface area contributed by atoms with Gasteiger partial charge in [-0.05, 0) is 37.2 Å². The zero-order chi connectivity index (χ0) is 11.9. The Morgan fingerprint density at radius 2 is 1.94 bits per heavy atom. The summed E-state index contributed by atoms with van der Waals surface area (Å²) in [6, 6.07) is 0. The second kappa shape index (κ2) is 6.64. The fourth-order valence-electron chi connectivity index (χ4n) is 2.65. The van der Waals surface area contributed by atoms with Gasteiger partial charge in [0.05, 0.1) is 0 Å². The lowest BCUT2D eigenvalue weighted by Crippen LogP contribution is -2.02. The third-order valence-electron chi connectivity index (χ3n) is 3.84. The smallest absolute Gasteiger partial charge is 0.0154 e. The minimum Gasteiger partial charge on any atom is -0.0808 e. The molecular formula is C17H24. The molecular weight excluding hydrogens is 204 g/mol. The minimum absolute atomic E-state index is 0.833. The predicted molar refractivity (Wildman–Crippen MR) is 75.9 cm³/mol. The molecule has 0 amide bonds. The van der Waals surface area contributed by atoms with Crippen molar-refractivity contribution < 1.29 is 0 Å². The summed E-state index contributed by atoms with van der Waals surface area (Å²) in [5, 5.41) is 0. The third kappa shape index (κ3) is 4.03. The molecule has 0 heterocycles. The molecule has 0 atom stereocenters. The molecule has 0 nitrogen and oxygen atoms in total. The van der Waals surface area contributed by atoms with Gasteiger partial charge in [0.2, 0.25) is 0 Å². The summed E-state index contributed by atoms with van der Waals surface area (Å²) < 4.78 is 0. The summed E-state index contributed by atoms with van der Waals surface area (Å²) >= 11 is 0. The van der Waals surface area contributed by atoms with Crippen LogP contribution >= 0.6 is 0 Å². The second-order valence-corrected chi connectivity index (χ2v) is 5.16. The summed E-state index contributed by atoms with van der Waals surface area (Å²) in [5.74, 6) is 0.833. The quantitative estimate of drug-likeness (QED) is 0.611. The molecule has 0 saturated heterocycles. The number of rotatable bonds is 3. The molecule has 0 N–H and O–H groups in total. The van der Waals surface area contributed by atoms with Crippen LogP contribution in [0.3, 0.4) is 0 Å². The zero-order valence-electron chi connectivity index (χ0n) is 11.0. The first-order valence-corrected chi connectivity index (χ1v) is 7.14. The lowest BCUT2D eigenvalue weighted by molar-refractivity contribution is 0.419. The van der Waals surface area contributed by atoms with Crippen LogP contribution in [0.5, 0.6) is 0 Å². The highest BCUT2D eigenvalue weighted by atomic mass is 14.1. The first-order chi connectivity index (χ1) is 8.38. The summed E-state index contributed by atoms with van der Waals surface area (Å²) in [6.45, 7) is 2.22. The molecule has 2 aliphatic rings. The van der Waals surface area contributed by atoms with Gasteiger partial charge in [0.1, 0.15) is 0 Å². The Bertz CT molecular complexity index is 346. The van der Waals surface area contributed by atoms with E-state index in [2.05, 4.69) is 43.4 Å². The molecule has 0 aliphatic heterocycles. The normalized spacial score (nSPS) is 22.4. The molecule has 1 fully saturated rings. The number of allylic oxidation sites excluding steroid dienone is 8. The molecule has 0 unspecified atom stereocenters. The Hall–Kier alpha value is -1.04. The van der Waals surface area contributed by atoms with Gasteiger partial charge in [-0.2, -0.15) is 0 Å². The van der Waals surface area contributed by atoms with Gasteiger partial charge in [0.15, 0.2) is 0 Å². The van der Waals surface area contributed by atoms with Crippen molar-refractivity contribution in [1.82, 2.24) is 0 Å². The van der Waals surface area contributed by atoms with Crippen LogP contribution in [0.25, 0.3) is 0 Å². The zero-order valence-corrected chi connectivity index (χ0v) is 11.0. The van der Waals surface area contributed by atoms with Crippen LogP contribution in [0.2, 0.25) is 0 Å². The maximum Gasteiger partial charge on any atom is -0.0154 e. The third-order valence-corrected chi connectivity index (χ3v) is 3.84. The van der Waals surface area contributed by atoms with Crippen LogP contribution < -0.4 is 0 Å². The van der Waals surface area contributed by atoms with E-state index in [1.165, 1.54) is 43.3 Å². The van der Waals surface area contributed by atoms with Crippen molar-refractivity contribution in [3.63, 3.8) is 0 Å². The van der Waals surface area contributed by atoms with Gasteiger partial charge < -0.3 is 0 Å². The molecule has 1 saturated carbocycles. The highest BCUT2D eigenvalue weighted by molar-refractivity contribution is 5.38. The van der Waals surface area contributed by atoms with Gasteiger partial charge in [-0.3, -0.25) is 0 Å². The predicted octanol–water partition coefficient (Wildman–Crippen LogP) is 5.35. The molecule has 0 spiro atoms. The van der Waals surface area contributed by atoms with Gasteiger partial charge in [-0.25, -0.2) is 0 Å². The maximum absolute atomic E-state index is 2.44. The summed E-state index contributed by atoms with van der Waals surface area (Å²) in [5.41, 5.74) is 2.84. The van der Waals surface area contributed by atoms with E-state index in [1.54, 1.807) is 0 Å². The van der Waals surface area contributed by atoms with Gasteiger partial charge in [0.25, 0.3) is 0 Å². The van der Waals surface area contributed by atoms with Crippen molar-refractivity contribution in [2.24, 2.45) is 5.92 Å². The average Bonchev–Trinajstić information content (AvgIpc) is 2.62. The Morgan fingerprint density at radius 3 is 2.71 bits per heavy atom. The van der Waals surface area contributed by atoms with Crippen LogP contribution in [0, 0.1) is 5.92 Å². The monoisotopic (exact) mass is 228 g/mol. The van der Waals surface area contributed by atoms with E-state index in [1.807, 2.05) is 0 Å². The summed E-state index contributed by atoms with van der Waals surface area (Å²) in [7, 11) is 0. The molecule has 17 heavy (non-hydrogen) atoms. The Morgan fingerprint density at radius 1 is 1.12 bits per heavy atom. The fraction of sp³-hybridized carbons (Fsp3) is 0.529. The Balaban J connectivity index is 1.91. The highest BCUT2D eigenvalue weighted by Crippen LogP contribution is 2.25. The Labute approximate surface area is 106 Å². The highest BCUT2D eigenvalue weighted by Gasteiger charge is 2.09. The summed E-state index contributed by atoms with van der Waals surface area (Å²) in [6.07, 6.45) is 23.3. The molecule has 0 aromatic carbocycles. The van der Waals surface area contributed by atoms with Crippen LogP contribution in [-0.4, -0.2) is 0 Å². The van der Waals surface area contributed by atoms with Crippen molar-refractivity contribution in [3.8, 4) is 0 Å². The van der Waals surface area contributed by atoms with Crippen molar-refractivity contribution in [2.75, 3.05) is 0 Å². The summed E-state index contributed by atoms with van der Waals surface area (Å²) in [4.78, 5) is 0. The molecule has 0 heteroatoms. The van der Waals surface area contributed by atoms with Gasteiger partial charge in [-0.15, -0.1) is 0 Å². The first kappa shape index (κ1) is 12.4. The van der Waals surface area contributed by atoms with Crippen molar-refractivity contribution in [1.29, 1.82) is 0 Å². The molecule has 2 rings (SSSR count). The molecule has 0 aromatic heterocycles. The van der Waals surface area contributed by atoms with E-state index >= 15 is 0 Å². The maximum atomic E-state index is 2.44. The van der Waals surface area contributed by atoms with E-state index in [0.29, 0.717) is 0 Å². The lowest BCUT2D eigenvalue weighted by atomic mass is 9.88. The van der Waals surface area contributed by atoms with Crippen LogP contribution in [0.4, 0.5) is 0 Å². The van der Waals surface area contributed by atoms with Crippen LogP contribution in [0.15, 0.2) is 47.6 Å². The molecule has 0 bridgehead atoms. The topological polar surface area (TPSA) is 0 Å². The van der Waals surface area contributed by atoms with Gasteiger partial charge in [-0.1, -0.05) is 68.2 Å². The fourth-order valence-corrected chi connectivity index (χ4v) is 2.65. The van der Waals surface area contributed by atoms with Crippen LogP contribution in [0.1, 0.15) is 51.9 Å². The Kier molecular flexibility index (Phi) is 4.85. The van der Waals surface area contributed by atoms with Crippen molar-refractivity contribution >= 4 is 0 Å². The van der Waals surface area contributed by atoms with Gasteiger partial charge in [0, 0.05) is 0 Å². The minimum atomic E-state index is 0.833. The van der Waals surface area contributed by atoms with Gasteiger partial charge >= 0.3 is 0 Å². The standard InChI is InChI=1S/C17H24/c1-2-15-9-6-10-17(12-11-15)14-13-16-7-4-3-5-8-16/h9-14,16H,2-8H2,1H3. The van der Waals surface area contributed by atoms with Crippen molar-refractivity contribution in [2.45, 2.75) is 51.9 Å². The van der Waals surface area contributed by atoms with E-state index < -0.39 is 0 Å². The van der Waals surface area contributed by atoms with E-state index in [4.69, 9.17) is 0 Å². The number of hydrogen-bond acceptors (Lipinski definition) is 0. The first-order valence-electron chi connectivity index (χ1n) is 7.14. The SMILES string of the molecule is CCC1=CCC=C(C=CC2CCCCC2)C=C1. The van der Waals surface area contributed by atoms with E-state index in [-0.39, 0.29) is 0 Å². The van der Waals surface area contributed by atoms with E-state index in [9.17, 15) is 0 Å². The lowest BCUT2D eigenvalue weighted by Gasteiger charge is -2.17. The second-order valence-electron chi connectivity index (χ2n) is 5.16. The van der Waals surface area contributed by atoms with Crippen molar-refractivity contribution in [3.05, 3.63) is 47.6 Å². The van der Waals surface area contributed by atoms with E-state index in [0.717, 1.165) is 18.8 Å². The largest absolute Gasteiger partial charge is 0.0808 e. The molecule has 0 aromatic rings. The molecule has 2 aliphatic carbocycles.